The highest BCUT2D eigenvalue weighted by molar-refractivity contribution is 7.13. The van der Waals surface area contributed by atoms with Gasteiger partial charge in [-0.3, -0.25) is 0 Å². The second-order valence-corrected chi connectivity index (χ2v) is 2.97. The van der Waals surface area contributed by atoms with E-state index in [0.717, 1.165) is 10.6 Å². The Bertz CT molecular complexity index is 372. The van der Waals surface area contributed by atoms with E-state index in [1.807, 2.05) is 23.6 Å². The van der Waals surface area contributed by atoms with Crippen molar-refractivity contribution in [2.75, 3.05) is 0 Å². The van der Waals surface area contributed by atoms with Gasteiger partial charge < -0.3 is 0 Å². The molecule has 0 aliphatic carbocycles. The molecule has 2 aromatic heterocycles. The van der Waals surface area contributed by atoms with E-state index in [-0.39, 0.29) is 6.30 Å². The van der Waals surface area contributed by atoms with Crippen LogP contribution in [0.25, 0.3) is 10.6 Å². The summed E-state index contributed by atoms with van der Waals surface area (Å²) >= 11 is 1.61. The molecular weight excluding hydrogens is 156 g/mol. The number of thiophene rings is 1. The number of rotatable bonds is 1. The molecule has 54 valence electrons. The molecule has 2 heterocycles. The van der Waals surface area contributed by atoms with Crippen molar-refractivity contribution in [1.29, 1.82) is 0 Å². The molecule has 2 nitrogen and oxygen atoms in total. The minimum absolute atomic E-state index is 0.0703. The Balaban J connectivity index is 2.48. The zero-order valence-electron chi connectivity index (χ0n) is 6.69. The summed E-state index contributed by atoms with van der Waals surface area (Å²) < 4.78 is 7.22. The maximum Gasteiger partial charge on any atom is 0.116 e. The fourth-order valence-corrected chi connectivity index (χ4v) is 1.52. The van der Waals surface area contributed by atoms with Gasteiger partial charge in [-0.1, -0.05) is 6.07 Å². The quantitative estimate of drug-likeness (QED) is 0.644. The van der Waals surface area contributed by atoms with Gasteiger partial charge in [0.05, 0.1) is 10.6 Å². The van der Waals surface area contributed by atoms with Crippen molar-refractivity contribution >= 4 is 11.3 Å². The zero-order chi connectivity index (χ0) is 8.39. The topological polar surface area (TPSA) is 25.8 Å². The van der Waals surface area contributed by atoms with Gasteiger partial charge >= 0.3 is 0 Å². The van der Waals surface area contributed by atoms with Crippen LogP contribution in [0.2, 0.25) is 0 Å². The summed E-state index contributed by atoms with van der Waals surface area (Å²) in [5.74, 6) is 0. The lowest BCUT2D eigenvalue weighted by Gasteiger charge is -1.91. The highest BCUT2D eigenvalue weighted by Crippen LogP contribution is 2.20. The summed E-state index contributed by atoms with van der Waals surface area (Å²) in [5, 5.41) is 1.99. The first kappa shape index (κ1) is 5.43. The Labute approximate surface area is 70.0 Å². The highest BCUT2D eigenvalue weighted by Gasteiger charge is 1.96. The van der Waals surface area contributed by atoms with Gasteiger partial charge in [0.2, 0.25) is 0 Å². The van der Waals surface area contributed by atoms with Crippen LogP contribution in [-0.2, 0) is 0 Å². The summed E-state index contributed by atoms with van der Waals surface area (Å²) in [6.07, 6.45) is 1.67. The minimum atomic E-state index is 0.0703. The molecular formula is C8H6N2S. The molecule has 0 N–H and O–H groups in total. The van der Waals surface area contributed by atoms with Crippen LogP contribution in [0.4, 0.5) is 0 Å². The fourth-order valence-electron chi connectivity index (χ4n) is 0.823. The fraction of sp³-hybridized carbons (Fsp3) is 0. The molecule has 0 aromatic carbocycles. The van der Waals surface area contributed by atoms with Gasteiger partial charge in [0, 0.05) is 6.20 Å². The summed E-state index contributed by atoms with van der Waals surface area (Å²) in [6, 6.07) is 5.75. The van der Waals surface area contributed by atoms with Crippen molar-refractivity contribution in [3.05, 3.63) is 36.1 Å². The molecule has 11 heavy (non-hydrogen) atoms. The standard InChI is InChI=1S/C8H6N2S/c1-2-8(11-5-1)7-3-4-9-6-10-7/h1-6H/i6D. The maximum absolute atomic E-state index is 7.22. The summed E-state index contributed by atoms with van der Waals surface area (Å²) in [5.41, 5.74) is 0.824. The van der Waals surface area contributed by atoms with Gasteiger partial charge in [-0.15, -0.1) is 11.3 Å². The normalized spacial score (nSPS) is 11.1. The molecule has 0 amide bonds. The van der Waals surface area contributed by atoms with Crippen LogP contribution < -0.4 is 0 Å². The summed E-state index contributed by atoms with van der Waals surface area (Å²) in [4.78, 5) is 8.77. The second kappa shape index (κ2) is 2.80. The van der Waals surface area contributed by atoms with Crippen molar-refractivity contribution in [3.63, 3.8) is 0 Å². The lowest BCUT2D eigenvalue weighted by Crippen LogP contribution is -1.78. The average molecular weight is 163 g/mol. The van der Waals surface area contributed by atoms with E-state index in [0.29, 0.717) is 0 Å². The molecule has 0 aliphatic rings. The Morgan fingerprint density at radius 1 is 1.45 bits per heavy atom. The Morgan fingerprint density at radius 2 is 2.45 bits per heavy atom. The van der Waals surface area contributed by atoms with Crippen LogP contribution in [0.1, 0.15) is 1.37 Å². The largest absolute Gasteiger partial charge is 0.245 e. The third-order valence-corrected chi connectivity index (χ3v) is 2.20. The molecule has 0 unspecified atom stereocenters. The first-order valence-corrected chi connectivity index (χ1v) is 4.08. The molecule has 2 rings (SSSR count). The smallest absolute Gasteiger partial charge is 0.116 e. The number of hydrogen-bond donors (Lipinski definition) is 0. The van der Waals surface area contributed by atoms with E-state index in [1.54, 1.807) is 17.5 Å². The lowest BCUT2D eigenvalue weighted by atomic mass is 10.3. The van der Waals surface area contributed by atoms with Crippen molar-refractivity contribution in [2.24, 2.45) is 0 Å². The highest BCUT2D eigenvalue weighted by atomic mass is 32.1. The van der Waals surface area contributed by atoms with E-state index in [9.17, 15) is 0 Å². The van der Waals surface area contributed by atoms with Crippen molar-refractivity contribution in [2.45, 2.75) is 0 Å². The number of nitrogens with zero attached hydrogens (tertiary/aromatic N) is 2. The van der Waals surface area contributed by atoms with Gasteiger partial charge in [-0.05, 0) is 17.5 Å². The zero-order valence-corrected chi connectivity index (χ0v) is 6.51. The van der Waals surface area contributed by atoms with Crippen molar-refractivity contribution in [1.82, 2.24) is 9.97 Å². The van der Waals surface area contributed by atoms with Gasteiger partial charge in [0.1, 0.15) is 7.67 Å². The molecule has 0 aliphatic heterocycles. The van der Waals surface area contributed by atoms with E-state index >= 15 is 0 Å². The van der Waals surface area contributed by atoms with Crippen molar-refractivity contribution < 1.29 is 1.37 Å². The molecule has 0 bridgehead atoms. The number of hydrogen-bond acceptors (Lipinski definition) is 3. The first-order chi connectivity index (χ1) is 5.86. The third kappa shape index (κ3) is 1.28. The van der Waals surface area contributed by atoms with Gasteiger partial charge in [0.15, 0.2) is 0 Å². The van der Waals surface area contributed by atoms with Crippen molar-refractivity contribution in [3.8, 4) is 10.6 Å². The first-order valence-electron chi connectivity index (χ1n) is 3.70. The molecule has 3 heteroatoms. The van der Waals surface area contributed by atoms with Crippen LogP contribution in [0.3, 0.4) is 0 Å². The molecule has 0 atom stereocenters. The lowest BCUT2D eigenvalue weighted by molar-refractivity contribution is 1.18. The van der Waals surface area contributed by atoms with Crippen LogP contribution in [0, 0.1) is 0 Å². The molecule has 0 saturated carbocycles. The summed E-state index contributed by atoms with van der Waals surface area (Å²) in [6.45, 7) is 0. The monoisotopic (exact) mass is 163 g/mol. The maximum atomic E-state index is 7.22. The SMILES string of the molecule is [2H]c1nccc(-c2cccs2)n1. The Hall–Kier alpha value is -1.22. The predicted molar refractivity (Wildman–Crippen MR) is 45.3 cm³/mol. The summed E-state index contributed by atoms with van der Waals surface area (Å²) in [7, 11) is 0. The number of aromatic nitrogens is 2. The van der Waals surface area contributed by atoms with Gasteiger partial charge in [-0.25, -0.2) is 9.97 Å². The van der Waals surface area contributed by atoms with Crippen LogP contribution in [-0.4, -0.2) is 9.97 Å². The van der Waals surface area contributed by atoms with E-state index in [1.165, 1.54) is 0 Å². The Kier molecular flexibility index (Phi) is 1.38. The van der Waals surface area contributed by atoms with E-state index in [4.69, 9.17) is 1.37 Å². The predicted octanol–water partition coefficient (Wildman–Crippen LogP) is 2.21. The molecule has 0 spiro atoms. The van der Waals surface area contributed by atoms with E-state index in [2.05, 4.69) is 9.97 Å². The van der Waals surface area contributed by atoms with Crippen LogP contribution >= 0.6 is 11.3 Å². The molecule has 0 fully saturated rings. The Morgan fingerprint density at radius 3 is 3.18 bits per heavy atom. The average Bonchev–Trinajstić information content (AvgIpc) is 2.56. The molecule has 0 saturated heterocycles. The molecule has 2 aromatic rings. The molecule has 0 radical (unpaired) electrons. The van der Waals surface area contributed by atoms with Crippen LogP contribution in [0.5, 0.6) is 0 Å². The second-order valence-electron chi connectivity index (χ2n) is 2.02. The van der Waals surface area contributed by atoms with Gasteiger partial charge in [0.25, 0.3) is 0 Å². The van der Waals surface area contributed by atoms with Gasteiger partial charge in [-0.2, -0.15) is 0 Å². The minimum Gasteiger partial charge on any atom is -0.245 e. The van der Waals surface area contributed by atoms with E-state index < -0.39 is 0 Å². The third-order valence-electron chi connectivity index (χ3n) is 1.31. The van der Waals surface area contributed by atoms with Crippen LogP contribution in [0.15, 0.2) is 36.1 Å².